The zero-order chi connectivity index (χ0) is 16.6. The number of aliphatic carboxylic acids is 1. The summed E-state index contributed by atoms with van der Waals surface area (Å²) in [6.45, 7) is 3.39. The third-order valence-corrected chi connectivity index (χ3v) is 3.19. The molecule has 0 saturated heterocycles. The molecule has 22 heavy (non-hydrogen) atoms. The number of carboxylic acid groups (broad SMARTS) is 1. The van der Waals surface area contributed by atoms with Crippen molar-refractivity contribution in [2.45, 2.75) is 78.1 Å². The maximum absolute atomic E-state index is 10.2. The van der Waals surface area contributed by atoms with Crippen molar-refractivity contribution in [1.29, 1.82) is 0 Å². The smallest absolute Gasteiger partial charge is 1.00 e. The second-order valence-electron chi connectivity index (χ2n) is 4.95. The topological polar surface area (TPSA) is 101 Å². The number of rotatable bonds is 12. The molecule has 0 atom stereocenters. The molecule has 8 heteroatoms. The molecule has 130 valence electrons. The van der Waals surface area contributed by atoms with Crippen LogP contribution >= 0.6 is 0 Å². The minimum atomic E-state index is -4.23. The molecule has 0 unspecified atom stereocenters. The third kappa shape index (κ3) is 37.0. The van der Waals surface area contributed by atoms with Crippen molar-refractivity contribution in [1.82, 2.24) is 0 Å². The Kier molecular flexibility index (Phi) is 24.0. The second-order valence-corrected chi connectivity index (χ2v) is 6.04. The van der Waals surface area contributed by atoms with Gasteiger partial charge in [0.05, 0.1) is 6.61 Å². The molecule has 0 aromatic carbocycles. The van der Waals surface area contributed by atoms with E-state index in [4.69, 9.17) is 14.5 Å². The van der Waals surface area contributed by atoms with Crippen LogP contribution < -0.4 is 29.6 Å². The molecule has 0 radical (unpaired) electrons. The normalized spacial score (nSPS) is 10.3. The molecule has 6 nitrogen and oxygen atoms in total. The van der Waals surface area contributed by atoms with Gasteiger partial charge in [-0.1, -0.05) is 64.7 Å². The Morgan fingerprint density at radius 2 is 1.27 bits per heavy atom. The summed E-state index contributed by atoms with van der Waals surface area (Å²) in [5.74, 6) is -0.833. The summed E-state index contributed by atoms with van der Waals surface area (Å²) in [6.07, 6.45) is 11.9. The first-order valence-corrected chi connectivity index (χ1v) is 8.97. The summed E-state index contributed by atoms with van der Waals surface area (Å²) in [6, 6.07) is 0. The van der Waals surface area contributed by atoms with Gasteiger partial charge >= 0.3 is 40.0 Å². The van der Waals surface area contributed by atoms with E-state index in [1.54, 1.807) is 0 Å². The van der Waals surface area contributed by atoms with Gasteiger partial charge in [0.25, 0.3) is 5.97 Å². The van der Waals surface area contributed by atoms with Crippen molar-refractivity contribution in [3.63, 3.8) is 0 Å². The van der Waals surface area contributed by atoms with Crippen LogP contribution in [-0.2, 0) is 19.4 Å². The maximum Gasteiger partial charge on any atom is 1.00 e. The minimum absolute atomic E-state index is 0. The monoisotopic (exact) mass is 350 g/mol. The number of carbonyl (C=O) groups is 1. The zero-order valence-electron chi connectivity index (χ0n) is 15.2. The van der Waals surface area contributed by atoms with Crippen LogP contribution in [0, 0.1) is 0 Å². The van der Waals surface area contributed by atoms with E-state index in [9.17, 15) is 8.42 Å². The van der Waals surface area contributed by atoms with Gasteiger partial charge in [0, 0.05) is 6.92 Å². The van der Waals surface area contributed by atoms with E-state index in [0.717, 1.165) is 19.8 Å². The first-order chi connectivity index (χ1) is 9.79. The van der Waals surface area contributed by atoms with Gasteiger partial charge in [0.15, 0.2) is 0 Å². The van der Waals surface area contributed by atoms with Crippen molar-refractivity contribution in [3.05, 3.63) is 0 Å². The predicted molar refractivity (Wildman–Crippen MR) is 83.8 cm³/mol. The quantitative estimate of drug-likeness (QED) is 0.308. The molecule has 0 amide bonds. The van der Waals surface area contributed by atoms with Gasteiger partial charge in [0.1, 0.15) is 0 Å². The molecule has 0 heterocycles. The SMILES string of the molecule is CC(=O)O.CCCCCCCCCCCCOS(=O)(=O)O.[H-].[Na+]. The number of carboxylic acids is 1. The van der Waals surface area contributed by atoms with Crippen LogP contribution in [-0.4, -0.2) is 30.7 Å². The van der Waals surface area contributed by atoms with E-state index in [0.29, 0.717) is 6.42 Å². The van der Waals surface area contributed by atoms with Crippen molar-refractivity contribution < 1.29 is 58.0 Å². The predicted octanol–water partition coefficient (Wildman–Crippen LogP) is 0.934. The van der Waals surface area contributed by atoms with Crippen molar-refractivity contribution in [2.24, 2.45) is 0 Å². The van der Waals surface area contributed by atoms with Gasteiger partial charge in [-0.05, 0) is 6.42 Å². The number of unbranched alkanes of at least 4 members (excludes halogenated alkanes) is 9. The number of hydrogen-bond donors (Lipinski definition) is 2. The van der Waals surface area contributed by atoms with Crippen LogP contribution in [0.4, 0.5) is 0 Å². The van der Waals surface area contributed by atoms with Crippen molar-refractivity contribution in [2.75, 3.05) is 6.61 Å². The molecule has 0 fully saturated rings. The molecule has 0 aromatic heterocycles. The molecule has 0 rings (SSSR count). The fourth-order valence-corrected chi connectivity index (χ4v) is 2.08. The molecule has 0 saturated carbocycles. The summed E-state index contributed by atoms with van der Waals surface area (Å²) in [4.78, 5) is 9.00. The Balaban J connectivity index is -0.000000268. The zero-order valence-corrected chi connectivity index (χ0v) is 17.0. The van der Waals surface area contributed by atoms with Gasteiger partial charge in [-0.15, -0.1) is 0 Å². The molecule has 0 bridgehead atoms. The van der Waals surface area contributed by atoms with E-state index in [1.807, 2.05) is 0 Å². The summed E-state index contributed by atoms with van der Waals surface area (Å²) in [5, 5.41) is 7.42. The first kappa shape index (κ1) is 27.2. The van der Waals surface area contributed by atoms with Crippen LogP contribution in [0.2, 0.25) is 0 Å². The Morgan fingerprint density at radius 1 is 0.955 bits per heavy atom. The summed E-state index contributed by atoms with van der Waals surface area (Å²) >= 11 is 0. The van der Waals surface area contributed by atoms with Crippen molar-refractivity contribution in [3.8, 4) is 0 Å². The van der Waals surface area contributed by atoms with Gasteiger partial charge < -0.3 is 6.53 Å². The van der Waals surface area contributed by atoms with E-state index >= 15 is 0 Å². The summed E-state index contributed by atoms with van der Waals surface area (Å²) < 4.78 is 33.0. The average Bonchev–Trinajstić information content (AvgIpc) is 2.34. The Labute approximate surface area is 158 Å². The standard InChI is InChI=1S/C12H26O4S.C2H4O2.Na.H/c1-2-3-4-5-6-7-8-9-10-11-12-16-17(13,14)15;1-2(3)4;;/h2-12H2,1H3,(H,13,14,15);1H3,(H,3,4);;/q;;+1;-1. The third-order valence-electron chi connectivity index (χ3n) is 2.73. The fraction of sp³-hybridized carbons (Fsp3) is 0.929. The molecule has 0 aliphatic carbocycles. The van der Waals surface area contributed by atoms with E-state index in [1.165, 1.54) is 44.9 Å². The van der Waals surface area contributed by atoms with Gasteiger partial charge in [0.2, 0.25) is 0 Å². The van der Waals surface area contributed by atoms with Crippen LogP contribution in [0.25, 0.3) is 0 Å². The van der Waals surface area contributed by atoms with Crippen LogP contribution in [0.3, 0.4) is 0 Å². The molecule has 0 aromatic rings. The van der Waals surface area contributed by atoms with Crippen LogP contribution in [0.1, 0.15) is 79.5 Å². The van der Waals surface area contributed by atoms with E-state index in [-0.39, 0.29) is 37.6 Å². The molecular formula is C14H31NaO6S. The van der Waals surface area contributed by atoms with E-state index < -0.39 is 16.4 Å². The van der Waals surface area contributed by atoms with Crippen LogP contribution in [0.5, 0.6) is 0 Å². The Hall–Kier alpha value is 0.340. The van der Waals surface area contributed by atoms with E-state index in [2.05, 4.69) is 11.1 Å². The first-order valence-electron chi connectivity index (χ1n) is 7.61. The van der Waals surface area contributed by atoms with Crippen molar-refractivity contribution >= 4 is 16.4 Å². The number of hydrogen-bond acceptors (Lipinski definition) is 4. The largest absolute Gasteiger partial charge is 1.00 e. The second kappa shape index (κ2) is 19.4. The molecular weight excluding hydrogens is 319 g/mol. The van der Waals surface area contributed by atoms with Gasteiger partial charge in [-0.3, -0.25) is 9.35 Å². The Morgan fingerprint density at radius 3 is 1.59 bits per heavy atom. The minimum Gasteiger partial charge on any atom is -1.00 e. The molecule has 0 spiro atoms. The molecule has 2 N–H and O–H groups in total. The van der Waals surface area contributed by atoms with Gasteiger partial charge in [-0.2, -0.15) is 8.42 Å². The summed E-state index contributed by atoms with van der Waals surface area (Å²) in [7, 11) is -4.23. The Bertz CT molecular complexity index is 334. The molecule has 0 aliphatic heterocycles. The van der Waals surface area contributed by atoms with Crippen LogP contribution in [0.15, 0.2) is 0 Å². The fourth-order valence-electron chi connectivity index (χ4n) is 1.75. The molecule has 0 aliphatic rings. The average molecular weight is 350 g/mol. The maximum atomic E-state index is 10.2. The summed E-state index contributed by atoms with van der Waals surface area (Å²) in [5.41, 5.74) is 0. The van der Waals surface area contributed by atoms with Gasteiger partial charge in [-0.25, -0.2) is 4.18 Å².